The zero-order valence-electron chi connectivity index (χ0n) is 15.7. The van der Waals surface area contributed by atoms with Gasteiger partial charge >= 0.3 is 0 Å². The molecule has 2 aromatic carbocycles. The Bertz CT molecular complexity index is 957. The first-order valence-corrected chi connectivity index (χ1v) is 8.74. The number of furan rings is 1. The molecule has 1 heterocycles. The molecule has 0 aliphatic rings. The van der Waals surface area contributed by atoms with Crippen LogP contribution in [0.5, 0.6) is 5.75 Å². The van der Waals surface area contributed by atoms with E-state index in [1.165, 1.54) is 0 Å². The van der Waals surface area contributed by atoms with E-state index in [1.54, 1.807) is 26.6 Å². The highest BCUT2D eigenvalue weighted by Crippen LogP contribution is 2.37. The second-order valence-electron chi connectivity index (χ2n) is 6.18. The van der Waals surface area contributed by atoms with Crippen LogP contribution < -0.4 is 10.1 Å². The van der Waals surface area contributed by atoms with Gasteiger partial charge in [-0.1, -0.05) is 30.3 Å². The van der Waals surface area contributed by atoms with Gasteiger partial charge in [-0.15, -0.1) is 0 Å². The zero-order chi connectivity index (χ0) is 19.2. The number of nitrogens with one attached hydrogen (secondary N) is 1. The lowest BCUT2D eigenvalue weighted by molar-refractivity contribution is -0.116. The summed E-state index contributed by atoms with van der Waals surface area (Å²) in [6.07, 6.45) is 3.32. The summed E-state index contributed by atoms with van der Waals surface area (Å²) in [6, 6.07) is 13.9. The van der Waals surface area contributed by atoms with Crippen molar-refractivity contribution in [3.63, 3.8) is 0 Å². The molecule has 1 amide bonds. The monoisotopic (exact) mass is 365 g/mol. The topological polar surface area (TPSA) is 60.7 Å². The highest BCUT2D eigenvalue weighted by molar-refractivity contribution is 6.00. The third-order valence-electron chi connectivity index (χ3n) is 4.36. The number of hydrogen-bond acceptors (Lipinski definition) is 4. The number of benzene rings is 2. The van der Waals surface area contributed by atoms with E-state index in [1.807, 2.05) is 49.4 Å². The van der Waals surface area contributed by atoms with E-state index in [2.05, 4.69) is 5.32 Å². The van der Waals surface area contributed by atoms with Crippen molar-refractivity contribution < 1.29 is 18.7 Å². The van der Waals surface area contributed by atoms with Gasteiger partial charge in [-0.25, -0.2) is 0 Å². The van der Waals surface area contributed by atoms with E-state index in [-0.39, 0.29) is 5.91 Å². The van der Waals surface area contributed by atoms with Crippen molar-refractivity contribution in [2.75, 3.05) is 27.4 Å². The smallest absolute Gasteiger partial charge is 0.244 e. The number of ether oxygens (including phenoxy) is 2. The highest BCUT2D eigenvalue weighted by atomic mass is 16.5. The largest absolute Gasteiger partial charge is 0.496 e. The number of hydrogen-bond donors (Lipinski definition) is 1. The van der Waals surface area contributed by atoms with Gasteiger partial charge in [0, 0.05) is 42.3 Å². The van der Waals surface area contributed by atoms with Crippen molar-refractivity contribution in [1.29, 1.82) is 0 Å². The van der Waals surface area contributed by atoms with Gasteiger partial charge in [0.05, 0.1) is 20.0 Å². The predicted octanol–water partition coefficient (Wildman–Crippen LogP) is 4.27. The normalized spacial score (nSPS) is 11.6. The van der Waals surface area contributed by atoms with Gasteiger partial charge in [0.2, 0.25) is 5.91 Å². The van der Waals surface area contributed by atoms with E-state index in [0.29, 0.717) is 18.9 Å². The van der Waals surface area contributed by atoms with Crippen LogP contribution in [0.4, 0.5) is 0 Å². The molecule has 5 nitrogen and oxygen atoms in total. The summed E-state index contributed by atoms with van der Waals surface area (Å²) in [5, 5.41) is 3.77. The maximum Gasteiger partial charge on any atom is 0.244 e. The highest BCUT2D eigenvalue weighted by Gasteiger charge is 2.14. The molecule has 0 atom stereocenters. The fourth-order valence-corrected chi connectivity index (χ4v) is 2.98. The number of amides is 1. The average molecular weight is 365 g/mol. The fourth-order valence-electron chi connectivity index (χ4n) is 2.98. The lowest BCUT2D eigenvalue weighted by Crippen LogP contribution is -2.25. The summed E-state index contributed by atoms with van der Waals surface area (Å²) >= 11 is 0. The fraction of sp³-hybridized carbons (Fsp3) is 0.227. The summed E-state index contributed by atoms with van der Waals surface area (Å²) in [5.41, 5.74) is 4.49. The standard InChI is InChI=1S/C22H23NO4/c1-15(11-22(24)23-9-10-25-2)17-12-18-19(16-7-5-4-6-8-16)14-27-21(18)13-20(17)26-3/h4-8,11-14H,9-10H2,1-3H3,(H,23,24)/b15-11+. The molecule has 0 spiro atoms. The van der Waals surface area contributed by atoms with Gasteiger partial charge in [0.1, 0.15) is 11.3 Å². The Labute approximate surface area is 158 Å². The van der Waals surface area contributed by atoms with Crippen LogP contribution in [0.25, 0.3) is 27.7 Å². The van der Waals surface area contributed by atoms with Gasteiger partial charge in [0.15, 0.2) is 0 Å². The zero-order valence-corrected chi connectivity index (χ0v) is 15.7. The quantitative estimate of drug-likeness (QED) is 0.502. The molecule has 1 aromatic heterocycles. The van der Waals surface area contributed by atoms with Gasteiger partial charge in [-0.05, 0) is 24.1 Å². The molecule has 140 valence electrons. The number of carbonyl (C=O) groups is 1. The Balaban J connectivity index is 2.00. The Morgan fingerprint density at radius 1 is 1.19 bits per heavy atom. The summed E-state index contributed by atoms with van der Waals surface area (Å²) in [4.78, 5) is 12.1. The molecule has 0 fully saturated rings. The summed E-state index contributed by atoms with van der Waals surface area (Å²) in [6.45, 7) is 2.83. The SMILES string of the molecule is COCCNC(=O)/C=C(\C)c1cc2c(-c3ccccc3)coc2cc1OC. The van der Waals surface area contributed by atoms with Crippen molar-refractivity contribution in [3.8, 4) is 16.9 Å². The van der Waals surface area contributed by atoms with Crippen molar-refractivity contribution in [2.24, 2.45) is 0 Å². The van der Waals surface area contributed by atoms with Crippen LogP contribution in [0, 0.1) is 0 Å². The molecular formula is C22H23NO4. The minimum absolute atomic E-state index is 0.165. The molecule has 0 bridgehead atoms. The molecule has 0 aliphatic heterocycles. The molecule has 0 saturated heterocycles. The van der Waals surface area contributed by atoms with E-state index < -0.39 is 0 Å². The lowest BCUT2D eigenvalue weighted by Gasteiger charge is -2.10. The van der Waals surface area contributed by atoms with Crippen LogP contribution in [0.15, 0.2) is 59.2 Å². The van der Waals surface area contributed by atoms with Crippen molar-refractivity contribution in [2.45, 2.75) is 6.92 Å². The second-order valence-corrected chi connectivity index (χ2v) is 6.18. The second kappa shape index (κ2) is 8.56. The lowest BCUT2D eigenvalue weighted by atomic mass is 9.99. The molecule has 0 unspecified atom stereocenters. The van der Waals surface area contributed by atoms with Crippen LogP contribution in [0.2, 0.25) is 0 Å². The molecule has 27 heavy (non-hydrogen) atoms. The average Bonchev–Trinajstić information content (AvgIpc) is 3.10. The van der Waals surface area contributed by atoms with Crippen LogP contribution in [-0.2, 0) is 9.53 Å². The van der Waals surface area contributed by atoms with E-state index in [0.717, 1.165) is 33.2 Å². The number of allylic oxidation sites excluding steroid dienone is 1. The Hall–Kier alpha value is -3.05. The molecule has 0 aliphatic carbocycles. The maximum absolute atomic E-state index is 12.1. The minimum atomic E-state index is -0.165. The first-order valence-electron chi connectivity index (χ1n) is 8.74. The van der Waals surface area contributed by atoms with Crippen molar-refractivity contribution >= 4 is 22.4 Å². The van der Waals surface area contributed by atoms with E-state index in [9.17, 15) is 4.79 Å². The van der Waals surface area contributed by atoms with E-state index in [4.69, 9.17) is 13.9 Å². The molecular weight excluding hydrogens is 342 g/mol. The number of rotatable bonds is 7. The molecule has 3 aromatic rings. The van der Waals surface area contributed by atoms with Crippen molar-refractivity contribution in [3.05, 3.63) is 60.4 Å². The maximum atomic E-state index is 12.1. The Kier molecular flexibility index (Phi) is 5.94. The number of fused-ring (bicyclic) bond motifs is 1. The number of methoxy groups -OCH3 is 2. The molecule has 1 N–H and O–H groups in total. The first-order chi connectivity index (χ1) is 13.1. The van der Waals surface area contributed by atoms with Gasteiger partial charge < -0.3 is 19.2 Å². The Morgan fingerprint density at radius 3 is 2.67 bits per heavy atom. The number of carbonyl (C=O) groups excluding carboxylic acids is 1. The minimum Gasteiger partial charge on any atom is -0.496 e. The summed E-state index contributed by atoms with van der Waals surface area (Å²) in [5.74, 6) is 0.497. The molecule has 5 heteroatoms. The van der Waals surface area contributed by atoms with Gasteiger partial charge in [-0.3, -0.25) is 4.79 Å². The van der Waals surface area contributed by atoms with E-state index >= 15 is 0 Å². The first kappa shape index (κ1) is 18.7. The van der Waals surface area contributed by atoms with Crippen LogP contribution in [0.3, 0.4) is 0 Å². The van der Waals surface area contributed by atoms with Crippen LogP contribution in [0.1, 0.15) is 12.5 Å². The summed E-state index contributed by atoms with van der Waals surface area (Å²) in [7, 11) is 3.21. The summed E-state index contributed by atoms with van der Waals surface area (Å²) < 4.78 is 16.2. The Morgan fingerprint density at radius 2 is 1.96 bits per heavy atom. The van der Waals surface area contributed by atoms with Gasteiger partial charge in [0.25, 0.3) is 0 Å². The molecule has 3 rings (SSSR count). The third kappa shape index (κ3) is 4.20. The van der Waals surface area contributed by atoms with Gasteiger partial charge in [-0.2, -0.15) is 0 Å². The predicted molar refractivity (Wildman–Crippen MR) is 107 cm³/mol. The third-order valence-corrected chi connectivity index (χ3v) is 4.36. The molecule has 0 saturated carbocycles. The van der Waals surface area contributed by atoms with Crippen molar-refractivity contribution in [1.82, 2.24) is 5.32 Å². The molecule has 0 radical (unpaired) electrons. The van der Waals surface area contributed by atoms with Crippen LogP contribution >= 0.6 is 0 Å². The van der Waals surface area contributed by atoms with Crippen LogP contribution in [-0.4, -0.2) is 33.3 Å².